The number of rotatable bonds is 3. The van der Waals surface area contributed by atoms with Gasteiger partial charge in [0.2, 0.25) is 0 Å². The maximum absolute atomic E-state index is 12.1. The van der Waals surface area contributed by atoms with Crippen molar-refractivity contribution in [3.8, 4) is 0 Å². The number of aromatic carboxylic acids is 1. The second-order valence-electron chi connectivity index (χ2n) is 5.70. The number of hydrogen-bond acceptors (Lipinski definition) is 2. The molecule has 0 atom stereocenters. The van der Waals surface area contributed by atoms with Gasteiger partial charge in [0, 0.05) is 10.0 Å². The fourth-order valence-electron chi connectivity index (χ4n) is 2.69. The Morgan fingerprint density at radius 2 is 1.90 bits per heavy atom. The standard InChI is InChI=1S/C15H19BrN2O3/c1-15(7-3-2-4-8-15)18-14(21)17-12-9-10(16)5-6-11(12)13(19)20/h5-6,9H,2-4,7-8H2,1H3,(H,19,20)(H2,17,18,21). The highest BCUT2D eigenvalue weighted by atomic mass is 79.9. The minimum absolute atomic E-state index is 0.0714. The fourth-order valence-corrected chi connectivity index (χ4v) is 3.05. The Morgan fingerprint density at radius 1 is 1.24 bits per heavy atom. The van der Waals surface area contributed by atoms with Crippen LogP contribution in [0, 0.1) is 0 Å². The van der Waals surface area contributed by atoms with Crippen molar-refractivity contribution in [3.63, 3.8) is 0 Å². The Kier molecular flexibility index (Phi) is 4.88. The minimum Gasteiger partial charge on any atom is -0.478 e. The van der Waals surface area contributed by atoms with E-state index >= 15 is 0 Å². The van der Waals surface area contributed by atoms with Crippen LogP contribution in [0.2, 0.25) is 0 Å². The molecule has 1 aromatic rings. The van der Waals surface area contributed by atoms with Crippen molar-refractivity contribution in [3.05, 3.63) is 28.2 Å². The van der Waals surface area contributed by atoms with Crippen LogP contribution in [0.15, 0.2) is 22.7 Å². The molecule has 0 heterocycles. The monoisotopic (exact) mass is 354 g/mol. The number of urea groups is 1. The molecule has 1 saturated carbocycles. The summed E-state index contributed by atoms with van der Waals surface area (Å²) in [4.78, 5) is 23.3. The average molecular weight is 355 g/mol. The van der Waals surface area contributed by atoms with Crippen LogP contribution in [0.4, 0.5) is 10.5 Å². The molecule has 2 amide bonds. The van der Waals surface area contributed by atoms with Crippen molar-refractivity contribution in [1.29, 1.82) is 0 Å². The first-order chi connectivity index (χ1) is 9.89. The number of anilines is 1. The van der Waals surface area contributed by atoms with Crippen molar-refractivity contribution in [2.75, 3.05) is 5.32 Å². The predicted molar refractivity (Wildman–Crippen MR) is 84.7 cm³/mol. The van der Waals surface area contributed by atoms with E-state index in [2.05, 4.69) is 26.6 Å². The summed E-state index contributed by atoms with van der Waals surface area (Å²) in [5.74, 6) is -1.07. The van der Waals surface area contributed by atoms with E-state index in [1.807, 2.05) is 6.92 Å². The summed E-state index contributed by atoms with van der Waals surface area (Å²) in [6.07, 6.45) is 5.31. The van der Waals surface area contributed by atoms with Crippen LogP contribution in [0.1, 0.15) is 49.4 Å². The summed E-state index contributed by atoms with van der Waals surface area (Å²) in [5, 5.41) is 14.8. The lowest BCUT2D eigenvalue weighted by atomic mass is 9.83. The van der Waals surface area contributed by atoms with Gasteiger partial charge in [0.05, 0.1) is 11.3 Å². The minimum atomic E-state index is -1.07. The highest BCUT2D eigenvalue weighted by molar-refractivity contribution is 9.10. The zero-order valence-electron chi connectivity index (χ0n) is 11.9. The van der Waals surface area contributed by atoms with E-state index in [-0.39, 0.29) is 22.8 Å². The lowest BCUT2D eigenvalue weighted by molar-refractivity contribution is 0.0698. The van der Waals surface area contributed by atoms with Gasteiger partial charge in [0.15, 0.2) is 0 Å². The van der Waals surface area contributed by atoms with Crippen LogP contribution < -0.4 is 10.6 Å². The maximum atomic E-state index is 12.1. The molecule has 0 aromatic heterocycles. The summed E-state index contributed by atoms with van der Waals surface area (Å²) in [6, 6.07) is 4.32. The van der Waals surface area contributed by atoms with E-state index in [0.717, 1.165) is 25.7 Å². The second-order valence-corrected chi connectivity index (χ2v) is 6.61. The molecule has 1 aromatic carbocycles. The first-order valence-electron chi connectivity index (χ1n) is 7.02. The van der Waals surface area contributed by atoms with Gasteiger partial charge in [-0.15, -0.1) is 0 Å². The van der Waals surface area contributed by atoms with E-state index in [1.165, 1.54) is 12.5 Å². The molecule has 1 aliphatic rings. The number of carbonyl (C=O) groups is 2. The van der Waals surface area contributed by atoms with Gasteiger partial charge in [-0.2, -0.15) is 0 Å². The third-order valence-electron chi connectivity index (χ3n) is 3.83. The van der Waals surface area contributed by atoms with Crippen molar-refractivity contribution in [2.45, 2.75) is 44.6 Å². The lowest BCUT2D eigenvalue weighted by Crippen LogP contribution is -2.49. The molecule has 0 unspecified atom stereocenters. The Hall–Kier alpha value is -1.56. The van der Waals surface area contributed by atoms with E-state index in [1.54, 1.807) is 12.1 Å². The third kappa shape index (κ3) is 4.20. The first kappa shape index (κ1) is 15.8. The van der Waals surface area contributed by atoms with Gasteiger partial charge in [-0.1, -0.05) is 35.2 Å². The lowest BCUT2D eigenvalue weighted by Gasteiger charge is -2.34. The number of halogens is 1. The Bertz CT molecular complexity index is 554. The Morgan fingerprint density at radius 3 is 2.52 bits per heavy atom. The molecular formula is C15H19BrN2O3. The Balaban J connectivity index is 2.09. The molecule has 0 aliphatic heterocycles. The summed E-state index contributed by atoms with van der Waals surface area (Å²) in [7, 11) is 0. The maximum Gasteiger partial charge on any atom is 0.337 e. The van der Waals surface area contributed by atoms with Gasteiger partial charge >= 0.3 is 12.0 Å². The smallest absolute Gasteiger partial charge is 0.337 e. The number of amides is 2. The molecule has 114 valence electrons. The molecule has 1 fully saturated rings. The molecule has 0 saturated heterocycles. The van der Waals surface area contributed by atoms with Crippen LogP contribution in [0.25, 0.3) is 0 Å². The van der Waals surface area contributed by atoms with E-state index in [9.17, 15) is 9.59 Å². The van der Waals surface area contributed by atoms with Crippen LogP contribution in [-0.2, 0) is 0 Å². The van der Waals surface area contributed by atoms with Gasteiger partial charge in [-0.05, 0) is 38.0 Å². The van der Waals surface area contributed by atoms with Crippen LogP contribution in [0.5, 0.6) is 0 Å². The average Bonchev–Trinajstić information content (AvgIpc) is 2.38. The van der Waals surface area contributed by atoms with Gasteiger partial charge in [-0.25, -0.2) is 9.59 Å². The van der Waals surface area contributed by atoms with E-state index < -0.39 is 5.97 Å². The molecule has 1 aliphatic carbocycles. The first-order valence-corrected chi connectivity index (χ1v) is 7.81. The van der Waals surface area contributed by atoms with Crippen molar-refractivity contribution >= 4 is 33.6 Å². The number of carboxylic acid groups (broad SMARTS) is 1. The summed E-state index contributed by atoms with van der Waals surface area (Å²) in [5.41, 5.74) is 0.147. The normalized spacial score (nSPS) is 17.0. The molecule has 0 bridgehead atoms. The third-order valence-corrected chi connectivity index (χ3v) is 4.33. The second kappa shape index (κ2) is 6.47. The largest absolute Gasteiger partial charge is 0.478 e. The molecule has 2 rings (SSSR count). The topological polar surface area (TPSA) is 78.4 Å². The van der Waals surface area contributed by atoms with Gasteiger partial charge in [0.1, 0.15) is 0 Å². The quantitative estimate of drug-likeness (QED) is 0.767. The molecular weight excluding hydrogens is 336 g/mol. The van der Waals surface area contributed by atoms with Crippen LogP contribution in [-0.4, -0.2) is 22.6 Å². The predicted octanol–water partition coefficient (Wildman–Crippen LogP) is 3.99. The van der Waals surface area contributed by atoms with E-state index in [4.69, 9.17) is 5.11 Å². The number of hydrogen-bond donors (Lipinski definition) is 3. The zero-order valence-corrected chi connectivity index (χ0v) is 13.5. The highest BCUT2D eigenvalue weighted by Crippen LogP contribution is 2.28. The van der Waals surface area contributed by atoms with Gasteiger partial charge in [0.25, 0.3) is 0 Å². The number of benzene rings is 1. The molecule has 21 heavy (non-hydrogen) atoms. The van der Waals surface area contributed by atoms with Gasteiger partial charge in [-0.3, -0.25) is 0 Å². The Labute approximate surface area is 132 Å². The highest BCUT2D eigenvalue weighted by Gasteiger charge is 2.28. The van der Waals surface area contributed by atoms with Crippen molar-refractivity contribution in [1.82, 2.24) is 5.32 Å². The zero-order chi connectivity index (χ0) is 15.5. The van der Waals surface area contributed by atoms with E-state index in [0.29, 0.717) is 4.47 Å². The number of nitrogens with one attached hydrogen (secondary N) is 2. The molecule has 3 N–H and O–H groups in total. The van der Waals surface area contributed by atoms with Crippen LogP contribution >= 0.6 is 15.9 Å². The summed E-state index contributed by atoms with van der Waals surface area (Å²) >= 11 is 3.28. The SMILES string of the molecule is CC1(NC(=O)Nc2cc(Br)ccc2C(=O)O)CCCCC1. The summed E-state index contributed by atoms with van der Waals surface area (Å²) in [6.45, 7) is 2.03. The molecule has 0 spiro atoms. The van der Waals surface area contributed by atoms with Crippen molar-refractivity contribution < 1.29 is 14.7 Å². The van der Waals surface area contributed by atoms with Gasteiger partial charge < -0.3 is 15.7 Å². The molecule has 6 heteroatoms. The van der Waals surface area contributed by atoms with Crippen molar-refractivity contribution in [2.24, 2.45) is 0 Å². The number of carboxylic acids is 1. The fraction of sp³-hybridized carbons (Fsp3) is 0.467. The molecule has 0 radical (unpaired) electrons. The van der Waals surface area contributed by atoms with Crippen LogP contribution in [0.3, 0.4) is 0 Å². The summed E-state index contributed by atoms with van der Waals surface area (Å²) < 4.78 is 0.715. The molecule has 5 nitrogen and oxygen atoms in total. The number of carbonyl (C=O) groups excluding carboxylic acids is 1.